The number of hydrogen-bond donors (Lipinski definition) is 1. The zero-order chi connectivity index (χ0) is 19.5. The van der Waals surface area contributed by atoms with E-state index in [0.29, 0.717) is 16.8 Å². The lowest BCUT2D eigenvalue weighted by molar-refractivity contribution is -0.139. The van der Waals surface area contributed by atoms with Crippen LogP contribution in [0.25, 0.3) is 16.7 Å². The Morgan fingerprint density at radius 1 is 1.14 bits per heavy atom. The number of aromatic amines is 1. The molecule has 2 aromatic heterocycles. The molecule has 0 atom stereocenters. The van der Waals surface area contributed by atoms with Gasteiger partial charge in [-0.25, -0.2) is 4.68 Å². The normalized spacial score (nSPS) is 10.8. The van der Waals surface area contributed by atoms with Gasteiger partial charge in [-0.3, -0.25) is 14.6 Å². The number of nitrogens with zero attached hydrogens (tertiary/aromatic N) is 3. The lowest BCUT2D eigenvalue weighted by Gasteiger charge is -2.07. The van der Waals surface area contributed by atoms with E-state index in [-0.39, 0.29) is 24.0 Å². The molecule has 0 bridgehead atoms. The van der Waals surface area contributed by atoms with Crippen molar-refractivity contribution in [2.24, 2.45) is 0 Å². The van der Waals surface area contributed by atoms with Gasteiger partial charge in [0.15, 0.2) is 5.65 Å². The van der Waals surface area contributed by atoms with Crippen LogP contribution >= 0.6 is 0 Å². The SMILES string of the molecule is COC(=O)Cc1cccc(Oc2nc3c(cnn3-c3ccccc3)c(=O)[nH]2)c1. The zero-order valence-corrected chi connectivity index (χ0v) is 15.0. The summed E-state index contributed by atoms with van der Waals surface area (Å²) < 4.78 is 12.0. The van der Waals surface area contributed by atoms with Crippen molar-refractivity contribution in [3.05, 3.63) is 76.7 Å². The molecule has 4 rings (SSSR count). The van der Waals surface area contributed by atoms with E-state index in [1.54, 1.807) is 28.9 Å². The number of ether oxygens (including phenoxy) is 2. The first-order chi connectivity index (χ1) is 13.6. The van der Waals surface area contributed by atoms with Crippen LogP contribution in [0.1, 0.15) is 5.56 Å². The number of rotatable bonds is 5. The van der Waals surface area contributed by atoms with Crippen LogP contribution in [0.4, 0.5) is 0 Å². The number of benzene rings is 2. The number of hydrogen-bond acceptors (Lipinski definition) is 6. The molecule has 0 radical (unpaired) electrons. The Balaban J connectivity index is 1.69. The third-order valence-corrected chi connectivity index (χ3v) is 4.11. The number of carbonyl (C=O) groups excluding carboxylic acids is 1. The first-order valence-electron chi connectivity index (χ1n) is 8.51. The molecule has 8 heteroatoms. The van der Waals surface area contributed by atoms with Crippen molar-refractivity contribution in [2.45, 2.75) is 6.42 Å². The number of fused-ring (bicyclic) bond motifs is 1. The Labute approximate surface area is 159 Å². The van der Waals surface area contributed by atoms with Crippen LogP contribution in [-0.4, -0.2) is 32.8 Å². The molecule has 8 nitrogen and oxygen atoms in total. The molecule has 0 spiro atoms. The maximum atomic E-state index is 12.4. The highest BCUT2D eigenvalue weighted by molar-refractivity contribution is 5.75. The molecule has 0 unspecified atom stereocenters. The van der Waals surface area contributed by atoms with Crippen molar-refractivity contribution < 1.29 is 14.3 Å². The minimum absolute atomic E-state index is 0.0328. The molecule has 2 aromatic carbocycles. The molecule has 0 saturated carbocycles. The van der Waals surface area contributed by atoms with Gasteiger partial charge >= 0.3 is 12.0 Å². The molecule has 1 N–H and O–H groups in total. The third-order valence-electron chi connectivity index (χ3n) is 4.11. The highest BCUT2D eigenvalue weighted by Gasteiger charge is 2.13. The molecule has 0 aliphatic carbocycles. The van der Waals surface area contributed by atoms with Gasteiger partial charge in [0.2, 0.25) is 0 Å². The van der Waals surface area contributed by atoms with E-state index in [1.165, 1.54) is 13.3 Å². The Morgan fingerprint density at radius 3 is 2.75 bits per heavy atom. The zero-order valence-electron chi connectivity index (χ0n) is 15.0. The topological polar surface area (TPSA) is 99.1 Å². The van der Waals surface area contributed by atoms with E-state index in [1.807, 2.05) is 30.3 Å². The summed E-state index contributed by atoms with van der Waals surface area (Å²) in [7, 11) is 1.34. The first-order valence-corrected chi connectivity index (χ1v) is 8.51. The van der Waals surface area contributed by atoms with Crippen molar-refractivity contribution in [1.82, 2.24) is 19.7 Å². The van der Waals surface area contributed by atoms with Crippen LogP contribution in [0, 0.1) is 0 Å². The van der Waals surface area contributed by atoms with Gasteiger partial charge in [-0.15, -0.1) is 0 Å². The lowest BCUT2D eigenvalue weighted by atomic mass is 10.1. The number of H-pyrrole nitrogens is 1. The van der Waals surface area contributed by atoms with Crippen molar-refractivity contribution in [3.8, 4) is 17.4 Å². The largest absolute Gasteiger partial charge is 0.469 e. The van der Waals surface area contributed by atoms with Crippen molar-refractivity contribution >= 4 is 17.0 Å². The fraction of sp³-hybridized carbons (Fsp3) is 0.100. The quantitative estimate of drug-likeness (QED) is 0.538. The van der Waals surface area contributed by atoms with E-state index in [2.05, 4.69) is 19.8 Å². The van der Waals surface area contributed by atoms with Crippen molar-refractivity contribution in [1.29, 1.82) is 0 Å². The number of esters is 1. The molecule has 0 aliphatic heterocycles. The summed E-state index contributed by atoms with van der Waals surface area (Å²) in [4.78, 5) is 30.9. The Morgan fingerprint density at radius 2 is 1.96 bits per heavy atom. The molecule has 0 amide bonds. The molecular formula is C20H16N4O4. The standard InChI is InChI=1S/C20H16N4O4/c1-27-17(25)11-13-6-5-9-15(10-13)28-20-22-18-16(19(26)23-20)12-21-24(18)14-7-3-2-4-8-14/h2-10,12H,11H2,1H3,(H,22,23,26). The smallest absolute Gasteiger partial charge is 0.309 e. The Kier molecular flexibility index (Phi) is 4.59. The van der Waals surface area contributed by atoms with Crippen LogP contribution in [-0.2, 0) is 16.0 Å². The number of aromatic nitrogens is 4. The highest BCUT2D eigenvalue weighted by atomic mass is 16.5. The number of nitrogens with one attached hydrogen (secondary N) is 1. The molecule has 2 heterocycles. The number of methoxy groups -OCH3 is 1. The minimum atomic E-state index is -0.354. The summed E-state index contributed by atoms with van der Waals surface area (Å²) in [6.45, 7) is 0. The lowest BCUT2D eigenvalue weighted by Crippen LogP contribution is -2.10. The summed E-state index contributed by atoms with van der Waals surface area (Å²) in [5.41, 5.74) is 1.53. The molecule has 0 saturated heterocycles. The summed E-state index contributed by atoms with van der Waals surface area (Å²) in [6, 6.07) is 16.3. The Bertz CT molecular complexity index is 1200. The molecule has 140 valence electrons. The summed E-state index contributed by atoms with van der Waals surface area (Å²) in [5, 5.41) is 4.62. The van der Waals surface area contributed by atoms with Crippen molar-refractivity contribution in [3.63, 3.8) is 0 Å². The molecule has 4 aromatic rings. The maximum Gasteiger partial charge on any atom is 0.309 e. The maximum absolute atomic E-state index is 12.4. The average Bonchev–Trinajstić information content (AvgIpc) is 3.13. The molecule has 0 fully saturated rings. The average molecular weight is 376 g/mol. The van der Waals surface area contributed by atoms with Gasteiger partial charge in [-0.05, 0) is 29.8 Å². The predicted molar refractivity (Wildman–Crippen MR) is 102 cm³/mol. The second-order valence-electron chi connectivity index (χ2n) is 6.00. The Hall–Kier alpha value is -3.94. The van der Waals surface area contributed by atoms with Crippen LogP contribution < -0.4 is 10.3 Å². The van der Waals surface area contributed by atoms with Gasteiger partial charge in [0.1, 0.15) is 11.1 Å². The van der Waals surface area contributed by atoms with Crippen molar-refractivity contribution in [2.75, 3.05) is 7.11 Å². The fourth-order valence-corrected chi connectivity index (χ4v) is 2.77. The van der Waals surface area contributed by atoms with E-state index >= 15 is 0 Å². The van der Waals surface area contributed by atoms with Crippen LogP contribution in [0.15, 0.2) is 65.6 Å². The second kappa shape index (κ2) is 7.36. The van der Waals surface area contributed by atoms with Crippen LogP contribution in [0.2, 0.25) is 0 Å². The van der Waals surface area contributed by atoms with Crippen LogP contribution in [0.5, 0.6) is 11.8 Å². The van der Waals surface area contributed by atoms with E-state index in [4.69, 9.17) is 4.74 Å². The van der Waals surface area contributed by atoms with E-state index < -0.39 is 0 Å². The summed E-state index contributed by atoms with van der Waals surface area (Å²) in [6.07, 6.45) is 1.59. The number of carbonyl (C=O) groups is 1. The second-order valence-corrected chi connectivity index (χ2v) is 6.00. The fourth-order valence-electron chi connectivity index (χ4n) is 2.77. The molecule has 28 heavy (non-hydrogen) atoms. The molecular weight excluding hydrogens is 360 g/mol. The monoisotopic (exact) mass is 376 g/mol. The predicted octanol–water partition coefficient (Wildman–Crippen LogP) is 2.62. The van der Waals surface area contributed by atoms with Gasteiger partial charge < -0.3 is 9.47 Å². The summed E-state index contributed by atoms with van der Waals surface area (Å²) in [5.74, 6) is 0.0894. The first kappa shape index (κ1) is 17.5. The minimum Gasteiger partial charge on any atom is -0.469 e. The van der Waals surface area contributed by atoms with Gasteiger partial charge in [0, 0.05) is 0 Å². The van der Waals surface area contributed by atoms with Gasteiger partial charge in [0.25, 0.3) is 5.56 Å². The van der Waals surface area contributed by atoms with Crippen LogP contribution in [0.3, 0.4) is 0 Å². The van der Waals surface area contributed by atoms with Gasteiger partial charge in [-0.1, -0.05) is 30.3 Å². The van der Waals surface area contributed by atoms with E-state index in [0.717, 1.165) is 11.3 Å². The molecule has 0 aliphatic rings. The third kappa shape index (κ3) is 3.48. The highest BCUT2D eigenvalue weighted by Crippen LogP contribution is 2.21. The van der Waals surface area contributed by atoms with Gasteiger partial charge in [-0.2, -0.15) is 10.1 Å². The number of para-hydroxylation sites is 1. The summed E-state index contributed by atoms with van der Waals surface area (Å²) >= 11 is 0. The van der Waals surface area contributed by atoms with Gasteiger partial charge in [0.05, 0.1) is 25.4 Å². The van der Waals surface area contributed by atoms with E-state index in [9.17, 15) is 9.59 Å².